The van der Waals surface area contributed by atoms with E-state index in [1.54, 1.807) is 6.92 Å². The van der Waals surface area contributed by atoms with Gasteiger partial charge in [0.15, 0.2) is 0 Å². The lowest BCUT2D eigenvalue weighted by Gasteiger charge is -2.44. The molecule has 0 spiro atoms. The minimum absolute atomic E-state index is 0. The normalized spacial score (nSPS) is 23.5. The van der Waals surface area contributed by atoms with E-state index < -0.39 is 18.0 Å². The summed E-state index contributed by atoms with van der Waals surface area (Å²) in [5, 5.41) is 19.4. The van der Waals surface area contributed by atoms with Crippen LogP contribution < -0.4 is 28.5 Å². The Labute approximate surface area is 165 Å². The van der Waals surface area contributed by atoms with Gasteiger partial charge < -0.3 is 39.1 Å². The molecule has 9 heteroatoms. The van der Waals surface area contributed by atoms with Gasteiger partial charge in [-0.2, -0.15) is 4.40 Å². The first-order chi connectivity index (χ1) is 11.3. The number of aliphatic hydroxyl groups is 1. The van der Waals surface area contributed by atoms with Crippen molar-refractivity contribution in [3.63, 3.8) is 0 Å². The molecule has 0 aliphatic carbocycles. The summed E-state index contributed by atoms with van der Waals surface area (Å²) in [7, 11) is 1.96. The maximum atomic E-state index is 12.3. The lowest BCUT2D eigenvalue weighted by molar-refractivity contribution is -0.676. The number of nitrogens with zero attached hydrogens (tertiary/aromatic N) is 3. The summed E-state index contributed by atoms with van der Waals surface area (Å²) in [6.45, 7) is 3.57. The van der Waals surface area contributed by atoms with Crippen molar-refractivity contribution in [1.29, 1.82) is 0 Å². The van der Waals surface area contributed by atoms with E-state index in [9.17, 15) is 19.8 Å². The SMILES string of the molecule is Cc1n2cc(C3=C(C(=O)O)N4C(=O)[C@H]([C@@H](C)O)[C@H]4C3)sc2c[n+]1C.[I-]. The van der Waals surface area contributed by atoms with E-state index in [0.29, 0.717) is 12.0 Å². The zero-order valence-corrected chi connectivity index (χ0v) is 16.9. The van der Waals surface area contributed by atoms with Gasteiger partial charge in [0.05, 0.1) is 30.0 Å². The maximum absolute atomic E-state index is 12.3. The van der Waals surface area contributed by atoms with Crippen LogP contribution in [0.5, 0.6) is 0 Å². The topological polar surface area (TPSA) is 86.1 Å². The van der Waals surface area contributed by atoms with Gasteiger partial charge in [0.25, 0.3) is 5.82 Å². The van der Waals surface area contributed by atoms with Gasteiger partial charge in [-0.1, -0.05) is 11.3 Å². The number of imidazole rings is 1. The molecule has 2 N–H and O–H groups in total. The van der Waals surface area contributed by atoms with Crippen LogP contribution in [0, 0.1) is 12.8 Å². The van der Waals surface area contributed by atoms with Crippen LogP contribution in [0.25, 0.3) is 10.4 Å². The minimum Gasteiger partial charge on any atom is -1.00 e. The summed E-state index contributed by atoms with van der Waals surface area (Å²) in [6, 6.07) is -0.253. The van der Waals surface area contributed by atoms with Gasteiger partial charge in [0.1, 0.15) is 18.1 Å². The molecule has 2 aromatic rings. The average molecular weight is 475 g/mol. The molecule has 2 aromatic heterocycles. The molecular formula is C16H18IN3O4S. The van der Waals surface area contributed by atoms with Gasteiger partial charge in [0.2, 0.25) is 10.7 Å². The molecule has 0 bridgehead atoms. The van der Waals surface area contributed by atoms with Gasteiger partial charge >= 0.3 is 5.97 Å². The van der Waals surface area contributed by atoms with Crippen molar-refractivity contribution in [2.45, 2.75) is 32.4 Å². The molecule has 25 heavy (non-hydrogen) atoms. The number of amides is 1. The smallest absolute Gasteiger partial charge is 0.352 e. The molecule has 3 atom stereocenters. The number of carbonyl (C=O) groups is 2. The molecule has 0 unspecified atom stereocenters. The van der Waals surface area contributed by atoms with Crippen LogP contribution in [0.1, 0.15) is 24.0 Å². The van der Waals surface area contributed by atoms with E-state index in [4.69, 9.17) is 0 Å². The Morgan fingerprint density at radius 1 is 1.48 bits per heavy atom. The maximum Gasteiger partial charge on any atom is 0.352 e. The van der Waals surface area contributed by atoms with Gasteiger partial charge in [-0.05, 0) is 13.3 Å². The highest BCUT2D eigenvalue weighted by Gasteiger charge is 2.57. The fraction of sp³-hybridized carbons (Fsp3) is 0.438. The Kier molecular flexibility index (Phi) is 4.44. The largest absolute Gasteiger partial charge is 1.00 e. The van der Waals surface area contributed by atoms with Crippen LogP contribution in [-0.2, 0) is 16.6 Å². The average Bonchev–Trinajstić information content (AvgIpc) is 3.11. The Hall–Kier alpha value is -1.46. The van der Waals surface area contributed by atoms with Gasteiger partial charge in [-0.25, -0.2) is 9.36 Å². The number of fused-ring (bicyclic) bond motifs is 2. The summed E-state index contributed by atoms with van der Waals surface area (Å²) in [5.41, 5.74) is 0.744. The van der Waals surface area contributed by atoms with Crippen LogP contribution in [0.15, 0.2) is 18.1 Å². The molecule has 4 rings (SSSR count). The quantitative estimate of drug-likeness (QED) is 0.293. The van der Waals surface area contributed by atoms with Crippen molar-refractivity contribution in [3.8, 4) is 0 Å². The number of carbonyl (C=O) groups excluding carboxylic acids is 1. The number of carboxylic acids is 1. The zero-order chi connectivity index (χ0) is 17.3. The Morgan fingerprint density at radius 3 is 2.72 bits per heavy atom. The Balaban J connectivity index is 0.00000182. The molecule has 2 aliphatic rings. The van der Waals surface area contributed by atoms with Crippen LogP contribution in [0.2, 0.25) is 0 Å². The number of aromatic nitrogens is 2. The van der Waals surface area contributed by atoms with Gasteiger partial charge in [0, 0.05) is 12.5 Å². The van der Waals surface area contributed by atoms with Crippen molar-refractivity contribution >= 4 is 33.6 Å². The number of thiazole rings is 1. The molecule has 134 valence electrons. The number of halogens is 1. The van der Waals surface area contributed by atoms with E-state index in [-0.39, 0.29) is 41.6 Å². The van der Waals surface area contributed by atoms with E-state index in [2.05, 4.69) is 0 Å². The molecule has 1 amide bonds. The number of hydrogen-bond donors (Lipinski definition) is 2. The number of rotatable bonds is 3. The fourth-order valence-corrected chi connectivity index (χ4v) is 4.95. The molecule has 2 aliphatic heterocycles. The number of aliphatic hydroxyl groups excluding tert-OH is 1. The van der Waals surface area contributed by atoms with Crippen molar-refractivity contribution in [2.75, 3.05) is 0 Å². The first-order valence-electron chi connectivity index (χ1n) is 7.76. The number of β-lactam (4-membered cyclic amide) rings is 1. The van der Waals surface area contributed by atoms with Crippen molar-refractivity contribution in [3.05, 3.63) is 28.8 Å². The Bertz CT molecular complexity index is 929. The molecule has 7 nitrogen and oxygen atoms in total. The number of hydrogen-bond acceptors (Lipinski definition) is 4. The zero-order valence-electron chi connectivity index (χ0n) is 13.9. The second kappa shape index (κ2) is 6.06. The minimum atomic E-state index is -1.09. The van der Waals surface area contributed by atoms with Crippen molar-refractivity contribution < 1.29 is 48.3 Å². The van der Waals surface area contributed by atoms with E-state index in [0.717, 1.165) is 15.5 Å². The fourth-order valence-electron chi connectivity index (χ4n) is 3.77. The molecule has 1 saturated heterocycles. The van der Waals surface area contributed by atoms with Gasteiger partial charge in [-0.3, -0.25) is 4.79 Å². The van der Waals surface area contributed by atoms with Crippen LogP contribution in [0.4, 0.5) is 0 Å². The molecule has 4 heterocycles. The first-order valence-corrected chi connectivity index (χ1v) is 8.58. The highest BCUT2D eigenvalue weighted by Crippen LogP contribution is 2.48. The number of aliphatic carboxylic acids is 1. The summed E-state index contributed by atoms with van der Waals surface area (Å²) in [4.78, 5) is 27.2. The second-order valence-electron chi connectivity index (χ2n) is 6.47. The molecule has 0 aromatic carbocycles. The van der Waals surface area contributed by atoms with E-state index in [1.807, 2.05) is 35.3 Å². The number of carboxylic acid groups (broad SMARTS) is 1. The molecule has 1 fully saturated rings. The number of aryl methyl sites for hydroxylation is 2. The predicted molar refractivity (Wildman–Crippen MR) is 86.2 cm³/mol. The van der Waals surface area contributed by atoms with Gasteiger partial charge in [-0.15, -0.1) is 0 Å². The highest BCUT2D eigenvalue weighted by atomic mass is 127. The van der Waals surface area contributed by atoms with Crippen molar-refractivity contribution in [2.24, 2.45) is 13.0 Å². The van der Waals surface area contributed by atoms with Crippen molar-refractivity contribution in [1.82, 2.24) is 9.30 Å². The standard InChI is InChI=1S/C16H17N3O4S.HI/c1-7(20)13-10-4-9(14(16(22)23)19(10)15(13)21)11-5-18-8(2)17(3)6-12(18)24-11;/h5-7,10,13,20H,4H2,1-3H3;1H/t7-,10-,13-;/m1./s1. The predicted octanol–water partition coefficient (Wildman–Crippen LogP) is -2.46. The first kappa shape index (κ1) is 18.3. The van der Waals surface area contributed by atoms with E-state index >= 15 is 0 Å². The third-order valence-corrected chi connectivity index (χ3v) is 6.17. The van der Waals surface area contributed by atoms with Crippen LogP contribution in [0.3, 0.4) is 0 Å². The lowest BCUT2D eigenvalue weighted by Crippen LogP contribution is -3.00. The Morgan fingerprint density at radius 2 is 2.16 bits per heavy atom. The van der Waals surface area contributed by atoms with E-state index in [1.165, 1.54) is 16.2 Å². The highest BCUT2D eigenvalue weighted by molar-refractivity contribution is 7.18. The third-order valence-electron chi connectivity index (χ3n) is 5.09. The summed E-state index contributed by atoms with van der Waals surface area (Å²) < 4.78 is 4.03. The summed E-state index contributed by atoms with van der Waals surface area (Å²) in [5.74, 6) is -0.857. The van der Waals surface area contributed by atoms with Crippen LogP contribution in [-0.4, -0.2) is 43.5 Å². The monoisotopic (exact) mass is 475 g/mol. The molecular weight excluding hydrogens is 457 g/mol. The lowest BCUT2D eigenvalue weighted by atomic mass is 9.83. The molecule has 0 radical (unpaired) electrons. The summed E-state index contributed by atoms with van der Waals surface area (Å²) in [6.07, 6.45) is 3.63. The second-order valence-corrected chi connectivity index (χ2v) is 7.53. The third kappa shape index (κ3) is 2.43. The summed E-state index contributed by atoms with van der Waals surface area (Å²) >= 11 is 1.51. The molecule has 0 saturated carbocycles. The van der Waals surface area contributed by atoms with Crippen LogP contribution >= 0.6 is 11.3 Å².